The van der Waals surface area contributed by atoms with Gasteiger partial charge in [-0.3, -0.25) is 0 Å². The predicted octanol–water partition coefficient (Wildman–Crippen LogP) is 2.48. The summed E-state index contributed by atoms with van der Waals surface area (Å²) in [6.07, 6.45) is 0.979. The monoisotopic (exact) mass is 227 g/mol. The molecule has 15 heavy (non-hydrogen) atoms. The van der Waals surface area contributed by atoms with Crippen molar-refractivity contribution < 1.29 is 9.47 Å². The van der Waals surface area contributed by atoms with Gasteiger partial charge in [0.25, 0.3) is 0 Å². The lowest BCUT2D eigenvalue weighted by molar-refractivity contribution is 0.174. The first kappa shape index (κ1) is 10.4. The van der Waals surface area contributed by atoms with Gasteiger partial charge in [-0.1, -0.05) is 0 Å². The van der Waals surface area contributed by atoms with E-state index < -0.39 is 0 Å². The zero-order chi connectivity index (χ0) is 10.7. The molecular formula is C11H14ClNO2. The van der Waals surface area contributed by atoms with Crippen LogP contribution in [0.4, 0.5) is 5.69 Å². The molecule has 0 aliphatic carbocycles. The molecule has 0 unspecified atom stereocenters. The molecule has 0 radical (unpaired) electrons. The summed E-state index contributed by atoms with van der Waals surface area (Å²) in [7, 11) is 2.05. The van der Waals surface area contributed by atoms with Gasteiger partial charge in [-0.25, -0.2) is 0 Å². The van der Waals surface area contributed by atoms with Crippen molar-refractivity contribution in [2.24, 2.45) is 0 Å². The molecule has 0 fully saturated rings. The third kappa shape index (κ3) is 2.29. The third-order valence-electron chi connectivity index (χ3n) is 2.42. The van der Waals surface area contributed by atoms with E-state index in [-0.39, 0.29) is 0 Å². The zero-order valence-electron chi connectivity index (χ0n) is 8.70. The minimum Gasteiger partial charge on any atom is -0.454 e. The fourth-order valence-corrected chi connectivity index (χ4v) is 1.67. The van der Waals surface area contributed by atoms with E-state index in [4.69, 9.17) is 21.1 Å². The maximum atomic E-state index is 5.66. The topological polar surface area (TPSA) is 21.7 Å². The van der Waals surface area contributed by atoms with Crippen molar-refractivity contribution in [3.05, 3.63) is 18.2 Å². The highest BCUT2D eigenvalue weighted by molar-refractivity contribution is 6.17. The number of halogens is 1. The van der Waals surface area contributed by atoms with Crippen LogP contribution in [0.25, 0.3) is 0 Å². The van der Waals surface area contributed by atoms with Gasteiger partial charge in [0.2, 0.25) is 6.79 Å². The van der Waals surface area contributed by atoms with E-state index >= 15 is 0 Å². The third-order valence-corrected chi connectivity index (χ3v) is 2.69. The number of ether oxygens (including phenoxy) is 2. The highest BCUT2D eigenvalue weighted by atomic mass is 35.5. The van der Waals surface area contributed by atoms with Crippen LogP contribution in [0, 0.1) is 0 Å². The quantitative estimate of drug-likeness (QED) is 0.738. The van der Waals surface area contributed by atoms with Crippen molar-refractivity contribution in [1.29, 1.82) is 0 Å². The Bertz CT molecular complexity index is 343. The van der Waals surface area contributed by atoms with E-state index in [0.29, 0.717) is 12.7 Å². The minimum absolute atomic E-state index is 0.324. The first-order valence-corrected chi connectivity index (χ1v) is 5.51. The molecule has 0 bridgehead atoms. The molecule has 0 saturated heterocycles. The minimum atomic E-state index is 0.324. The van der Waals surface area contributed by atoms with Crippen LogP contribution in [0.5, 0.6) is 11.5 Å². The highest BCUT2D eigenvalue weighted by Gasteiger charge is 2.14. The fraction of sp³-hybridized carbons (Fsp3) is 0.455. The number of anilines is 1. The maximum absolute atomic E-state index is 5.66. The van der Waals surface area contributed by atoms with Crippen LogP contribution in [0.1, 0.15) is 6.42 Å². The summed E-state index contributed by atoms with van der Waals surface area (Å²) in [5.74, 6) is 2.34. The van der Waals surface area contributed by atoms with Gasteiger partial charge in [-0.05, 0) is 18.6 Å². The number of benzene rings is 1. The number of alkyl halides is 1. The Balaban J connectivity index is 2.08. The van der Waals surface area contributed by atoms with Crippen molar-refractivity contribution in [2.75, 3.05) is 31.2 Å². The highest BCUT2D eigenvalue weighted by Crippen LogP contribution is 2.35. The van der Waals surface area contributed by atoms with Gasteiger partial charge in [-0.15, -0.1) is 11.6 Å². The Morgan fingerprint density at radius 3 is 2.93 bits per heavy atom. The van der Waals surface area contributed by atoms with E-state index in [2.05, 4.69) is 4.90 Å². The molecule has 0 saturated carbocycles. The largest absolute Gasteiger partial charge is 0.454 e. The summed E-state index contributed by atoms with van der Waals surface area (Å²) in [6.45, 7) is 1.27. The average molecular weight is 228 g/mol. The van der Waals surface area contributed by atoms with Crippen molar-refractivity contribution in [2.45, 2.75) is 6.42 Å². The van der Waals surface area contributed by atoms with Crippen LogP contribution in [0.15, 0.2) is 18.2 Å². The Kier molecular flexibility index (Phi) is 3.21. The molecule has 0 N–H and O–H groups in total. The normalized spacial score (nSPS) is 12.9. The SMILES string of the molecule is CN(CCCCl)c1ccc2c(c1)OCO2. The molecule has 0 atom stereocenters. The molecule has 1 aliphatic rings. The van der Waals surface area contributed by atoms with Gasteiger partial charge < -0.3 is 14.4 Å². The van der Waals surface area contributed by atoms with Crippen molar-refractivity contribution in [3.63, 3.8) is 0 Å². The Morgan fingerprint density at radius 1 is 1.33 bits per heavy atom. The lowest BCUT2D eigenvalue weighted by Gasteiger charge is -2.18. The molecule has 1 aromatic carbocycles. The van der Waals surface area contributed by atoms with Crippen LogP contribution in [-0.4, -0.2) is 26.3 Å². The Hall–Kier alpha value is -1.09. The molecule has 0 amide bonds. The van der Waals surface area contributed by atoms with E-state index in [1.807, 2.05) is 25.2 Å². The van der Waals surface area contributed by atoms with Gasteiger partial charge in [0.1, 0.15) is 0 Å². The summed E-state index contributed by atoms with van der Waals surface area (Å²) < 4.78 is 10.6. The Morgan fingerprint density at radius 2 is 2.13 bits per heavy atom. The molecule has 0 spiro atoms. The van der Waals surface area contributed by atoms with Crippen molar-refractivity contribution >= 4 is 17.3 Å². The van der Waals surface area contributed by atoms with Crippen LogP contribution in [0.2, 0.25) is 0 Å². The van der Waals surface area contributed by atoms with E-state index in [9.17, 15) is 0 Å². The number of rotatable bonds is 4. The summed E-state index contributed by atoms with van der Waals surface area (Å²) in [6, 6.07) is 5.97. The molecule has 1 aliphatic heterocycles. The van der Waals surface area contributed by atoms with E-state index in [1.165, 1.54) is 0 Å². The lowest BCUT2D eigenvalue weighted by Crippen LogP contribution is -2.18. The standard InChI is InChI=1S/C11H14ClNO2/c1-13(6-2-5-12)9-3-4-10-11(7-9)15-8-14-10/h3-4,7H,2,5-6,8H2,1H3. The number of hydrogen-bond acceptors (Lipinski definition) is 3. The van der Waals surface area contributed by atoms with Gasteiger partial charge in [-0.2, -0.15) is 0 Å². The molecule has 2 rings (SSSR count). The van der Waals surface area contributed by atoms with Crippen LogP contribution in [-0.2, 0) is 0 Å². The number of nitrogens with zero attached hydrogens (tertiary/aromatic N) is 1. The second kappa shape index (κ2) is 4.62. The predicted molar refractivity (Wildman–Crippen MR) is 61.2 cm³/mol. The van der Waals surface area contributed by atoms with Gasteiger partial charge in [0.05, 0.1) is 0 Å². The summed E-state index contributed by atoms with van der Waals surface area (Å²) in [4.78, 5) is 2.16. The molecule has 82 valence electrons. The zero-order valence-corrected chi connectivity index (χ0v) is 9.46. The first-order chi connectivity index (χ1) is 7.31. The molecule has 1 aromatic rings. The second-order valence-corrected chi connectivity index (χ2v) is 3.88. The second-order valence-electron chi connectivity index (χ2n) is 3.50. The average Bonchev–Trinajstić information content (AvgIpc) is 2.72. The van der Waals surface area contributed by atoms with Crippen LogP contribution < -0.4 is 14.4 Å². The number of hydrogen-bond donors (Lipinski definition) is 0. The summed E-state index contributed by atoms with van der Waals surface area (Å²) >= 11 is 5.66. The summed E-state index contributed by atoms with van der Waals surface area (Å²) in [5.41, 5.74) is 1.13. The Labute approximate surface area is 94.5 Å². The van der Waals surface area contributed by atoms with Gasteiger partial charge in [0.15, 0.2) is 11.5 Å². The molecule has 3 nitrogen and oxygen atoms in total. The first-order valence-electron chi connectivity index (χ1n) is 4.98. The van der Waals surface area contributed by atoms with Gasteiger partial charge in [0, 0.05) is 31.2 Å². The maximum Gasteiger partial charge on any atom is 0.231 e. The summed E-state index contributed by atoms with van der Waals surface area (Å²) in [5, 5.41) is 0. The van der Waals surface area contributed by atoms with Crippen molar-refractivity contribution in [3.8, 4) is 11.5 Å². The van der Waals surface area contributed by atoms with Crippen LogP contribution >= 0.6 is 11.6 Å². The molecule has 0 aromatic heterocycles. The number of fused-ring (bicyclic) bond motifs is 1. The van der Waals surface area contributed by atoms with Gasteiger partial charge >= 0.3 is 0 Å². The lowest BCUT2D eigenvalue weighted by atomic mass is 10.2. The molecule has 4 heteroatoms. The van der Waals surface area contributed by atoms with E-state index in [0.717, 1.165) is 30.2 Å². The fourth-order valence-electron chi connectivity index (χ4n) is 1.55. The van der Waals surface area contributed by atoms with Crippen molar-refractivity contribution in [1.82, 2.24) is 0 Å². The molecule has 1 heterocycles. The molecular weight excluding hydrogens is 214 g/mol. The van der Waals surface area contributed by atoms with Crippen LogP contribution in [0.3, 0.4) is 0 Å². The smallest absolute Gasteiger partial charge is 0.231 e. The van der Waals surface area contributed by atoms with E-state index in [1.54, 1.807) is 0 Å².